The van der Waals surface area contributed by atoms with E-state index in [-0.39, 0.29) is 11.3 Å². The zero-order valence-electron chi connectivity index (χ0n) is 9.98. The van der Waals surface area contributed by atoms with E-state index in [1.54, 1.807) is 11.8 Å². The molecule has 2 nitrogen and oxygen atoms in total. The predicted octanol–water partition coefficient (Wildman–Crippen LogP) is 2.95. The lowest BCUT2D eigenvalue weighted by molar-refractivity contribution is -0.126. The maximum absolute atomic E-state index is 11.3. The molecule has 1 amide bonds. The number of amides is 1. The summed E-state index contributed by atoms with van der Waals surface area (Å²) in [6.45, 7) is 8.31. The summed E-state index contributed by atoms with van der Waals surface area (Å²) in [4.78, 5) is 13.1. The highest BCUT2D eigenvalue weighted by molar-refractivity contribution is 5.75. The summed E-state index contributed by atoms with van der Waals surface area (Å²) in [5, 5.41) is 0. The van der Waals surface area contributed by atoms with Gasteiger partial charge in [-0.15, -0.1) is 0 Å². The molecule has 1 aliphatic carbocycles. The van der Waals surface area contributed by atoms with Crippen LogP contribution in [-0.2, 0) is 4.79 Å². The Bertz CT molecular complexity index is 276. The number of hydrogen-bond donors (Lipinski definition) is 0. The van der Waals surface area contributed by atoms with Crippen LogP contribution >= 0.6 is 0 Å². The fraction of sp³-hybridized carbons (Fsp3) is 0.750. The zero-order chi connectivity index (χ0) is 10.9. The van der Waals surface area contributed by atoms with Crippen LogP contribution < -0.4 is 0 Å². The van der Waals surface area contributed by atoms with Gasteiger partial charge in [0, 0.05) is 19.7 Å². The molecule has 0 heterocycles. The molecule has 0 bridgehead atoms. The average molecular weight is 195 g/mol. The lowest BCUT2D eigenvalue weighted by Crippen LogP contribution is -2.30. The van der Waals surface area contributed by atoms with E-state index in [4.69, 9.17) is 0 Å². The lowest BCUT2D eigenvalue weighted by Gasteiger charge is -2.36. The van der Waals surface area contributed by atoms with Crippen LogP contribution in [0, 0.1) is 5.41 Å². The smallest absolute Gasteiger partial charge is 0.223 e. The first-order valence-electron chi connectivity index (χ1n) is 5.31. The quantitative estimate of drug-likeness (QED) is 0.630. The molecule has 0 saturated heterocycles. The van der Waals surface area contributed by atoms with Gasteiger partial charge in [0.25, 0.3) is 0 Å². The molecule has 0 aromatic carbocycles. The number of carbonyl (C=O) groups is 1. The fourth-order valence-corrected chi connectivity index (χ4v) is 2.07. The SMILES string of the molecule is CC(=O)N(C)C1=C(C)C(C)(C)CCC1. The summed E-state index contributed by atoms with van der Waals surface area (Å²) < 4.78 is 0. The Morgan fingerprint density at radius 2 is 2.00 bits per heavy atom. The molecule has 0 fully saturated rings. The molecule has 0 saturated carbocycles. The molecule has 1 aliphatic rings. The summed E-state index contributed by atoms with van der Waals surface area (Å²) in [5.74, 6) is 0.136. The van der Waals surface area contributed by atoms with Gasteiger partial charge in [-0.3, -0.25) is 4.79 Å². The summed E-state index contributed by atoms with van der Waals surface area (Å²) in [6, 6.07) is 0. The van der Waals surface area contributed by atoms with Crippen LogP contribution in [0.1, 0.15) is 47.0 Å². The molecule has 0 radical (unpaired) electrons. The number of hydrogen-bond acceptors (Lipinski definition) is 1. The summed E-state index contributed by atoms with van der Waals surface area (Å²) >= 11 is 0. The van der Waals surface area contributed by atoms with Gasteiger partial charge in [0.15, 0.2) is 0 Å². The van der Waals surface area contributed by atoms with Gasteiger partial charge in [0.1, 0.15) is 0 Å². The van der Waals surface area contributed by atoms with Crippen LogP contribution in [0.15, 0.2) is 11.3 Å². The largest absolute Gasteiger partial charge is 0.320 e. The van der Waals surface area contributed by atoms with Crippen molar-refractivity contribution in [3.63, 3.8) is 0 Å². The van der Waals surface area contributed by atoms with Crippen molar-refractivity contribution in [3.05, 3.63) is 11.3 Å². The molecule has 80 valence electrons. The molecule has 0 spiro atoms. The first-order chi connectivity index (χ1) is 6.36. The number of nitrogens with zero attached hydrogens (tertiary/aromatic N) is 1. The minimum Gasteiger partial charge on any atom is -0.320 e. The van der Waals surface area contributed by atoms with Gasteiger partial charge in [-0.2, -0.15) is 0 Å². The average Bonchev–Trinajstić information content (AvgIpc) is 2.08. The van der Waals surface area contributed by atoms with Gasteiger partial charge in [-0.25, -0.2) is 0 Å². The van der Waals surface area contributed by atoms with E-state index in [0.717, 1.165) is 6.42 Å². The maximum Gasteiger partial charge on any atom is 0.223 e. The highest BCUT2D eigenvalue weighted by Gasteiger charge is 2.28. The Hall–Kier alpha value is -0.790. The molecular weight excluding hydrogens is 174 g/mol. The molecule has 1 rings (SSSR count). The second kappa shape index (κ2) is 3.76. The van der Waals surface area contributed by atoms with E-state index in [9.17, 15) is 4.79 Å². The molecule has 0 unspecified atom stereocenters. The van der Waals surface area contributed by atoms with Crippen LogP contribution in [-0.4, -0.2) is 17.9 Å². The first-order valence-corrected chi connectivity index (χ1v) is 5.31. The molecule has 0 atom stereocenters. The van der Waals surface area contributed by atoms with Crippen LogP contribution in [0.3, 0.4) is 0 Å². The number of carbonyl (C=O) groups excluding carboxylic acids is 1. The fourth-order valence-electron chi connectivity index (χ4n) is 2.07. The van der Waals surface area contributed by atoms with Crippen molar-refractivity contribution in [1.29, 1.82) is 0 Å². The van der Waals surface area contributed by atoms with E-state index in [1.165, 1.54) is 24.1 Å². The van der Waals surface area contributed by atoms with Crippen LogP contribution in [0.2, 0.25) is 0 Å². The topological polar surface area (TPSA) is 20.3 Å². The molecule has 0 aromatic rings. The van der Waals surface area contributed by atoms with E-state index >= 15 is 0 Å². The van der Waals surface area contributed by atoms with Crippen molar-refractivity contribution < 1.29 is 4.79 Å². The zero-order valence-corrected chi connectivity index (χ0v) is 9.98. The van der Waals surface area contributed by atoms with Crippen molar-refractivity contribution in [2.75, 3.05) is 7.05 Å². The van der Waals surface area contributed by atoms with E-state index in [1.807, 2.05) is 7.05 Å². The Labute approximate surface area is 87.0 Å². The van der Waals surface area contributed by atoms with Crippen LogP contribution in [0.5, 0.6) is 0 Å². The van der Waals surface area contributed by atoms with Gasteiger partial charge in [0.2, 0.25) is 5.91 Å². The second-order valence-electron chi connectivity index (χ2n) is 4.89. The molecule has 0 aliphatic heterocycles. The lowest BCUT2D eigenvalue weighted by atomic mass is 9.75. The molecule has 14 heavy (non-hydrogen) atoms. The van der Waals surface area contributed by atoms with Gasteiger partial charge in [-0.1, -0.05) is 13.8 Å². The summed E-state index contributed by atoms with van der Waals surface area (Å²) in [6.07, 6.45) is 3.47. The third-order valence-electron chi connectivity index (χ3n) is 3.54. The van der Waals surface area contributed by atoms with Crippen molar-refractivity contribution in [2.24, 2.45) is 5.41 Å². The normalized spacial score (nSPS) is 20.9. The maximum atomic E-state index is 11.3. The summed E-state index contributed by atoms with van der Waals surface area (Å²) in [5.41, 5.74) is 2.87. The molecule has 2 heteroatoms. The van der Waals surface area contributed by atoms with Crippen LogP contribution in [0.25, 0.3) is 0 Å². The third-order valence-corrected chi connectivity index (χ3v) is 3.54. The van der Waals surface area contributed by atoms with E-state index < -0.39 is 0 Å². The minimum atomic E-state index is 0.136. The van der Waals surface area contributed by atoms with Crippen molar-refractivity contribution in [1.82, 2.24) is 4.90 Å². The van der Waals surface area contributed by atoms with Crippen molar-refractivity contribution >= 4 is 5.91 Å². The Balaban J connectivity index is 3.02. The highest BCUT2D eigenvalue weighted by atomic mass is 16.2. The molecular formula is C12H21NO. The number of rotatable bonds is 1. The highest BCUT2D eigenvalue weighted by Crippen LogP contribution is 2.40. The second-order valence-corrected chi connectivity index (χ2v) is 4.89. The molecule has 0 N–H and O–H groups in total. The van der Waals surface area contributed by atoms with Crippen molar-refractivity contribution in [3.8, 4) is 0 Å². The third kappa shape index (κ3) is 1.99. The summed E-state index contributed by atoms with van der Waals surface area (Å²) in [7, 11) is 1.88. The first kappa shape index (κ1) is 11.3. The monoisotopic (exact) mass is 195 g/mol. The van der Waals surface area contributed by atoms with Gasteiger partial charge < -0.3 is 4.90 Å². The van der Waals surface area contributed by atoms with Gasteiger partial charge in [-0.05, 0) is 37.2 Å². The Kier molecular flexibility index (Phi) is 3.03. The Morgan fingerprint density at radius 1 is 1.43 bits per heavy atom. The van der Waals surface area contributed by atoms with E-state index in [2.05, 4.69) is 20.8 Å². The Morgan fingerprint density at radius 3 is 2.50 bits per heavy atom. The van der Waals surface area contributed by atoms with Crippen molar-refractivity contribution in [2.45, 2.75) is 47.0 Å². The van der Waals surface area contributed by atoms with E-state index in [0.29, 0.717) is 0 Å². The number of allylic oxidation sites excluding steroid dienone is 2. The standard InChI is InChI=1S/C12H21NO/c1-9-11(13(5)10(2)14)7-6-8-12(9,3)4/h6-8H2,1-5H3. The van der Waals surface area contributed by atoms with Crippen LogP contribution in [0.4, 0.5) is 0 Å². The predicted molar refractivity (Wildman–Crippen MR) is 58.8 cm³/mol. The minimum absolute atomic E-state index is 0.136. The molecule has 0 aromatic heterocycles. The van der Waals surface area contributed by atoms with Gasteiger partial charge >= 0.3 is 0 Å². The van der Waals surface area contributed by atoms with Gasteiger partial charge in [0.05, 0.1) is 0 Å².